The fourth-order valence-corrected chi connectivity index (χ4v) is 3.87. The number of halogens is 1. The predicted octanol–water partition coefficient (Wildman–Crippen LogP) is 2.85. The maximum Gasteiger partial charge on any atom is 0.272 e. The van der Waals surface area contributed by atoms with Crippen LogP contribution in [-0.2, 0) is 4.79 Å². The van der Waals surface area contributed by atoms with Crippen molar-refractivity contribution in [1.29, 1.82) is 5.41 Å². The third-order valence-corrected chi connectivity index (χ3v) is 5.64. The van der Waals surface area contributed by atoms with Gasteiger partial charge in [0.1, 0.15) is 18.0 Å². The van der Waals surface area contributed by atoms with Gasteiger partial charge in [-0.3, -0.25) is 30.8 Å². The summed E-state index contributed by atoms with van der Waals surface area (Å²) >= 11 is 0. The van der Waals surface area contributed by atoms with Crippen LogP contribution in [0.25, 0.3) is 0 Å². The van der Waals surface area contributed by atoms with Crippen molar-refractivity contribution in [2.24, 2.45) is 5.73 Å². The quantitative estimate of drug-likeness (QED) is 0.131. The average Bonchev–Trinajstić information content (AvgIpc) is 2.91. The molecule has 2 amide bonds. The summed E-state index contributed by atoms with van der Waals surface area (Å²) in [6.45, 7) is 4.84. The SMILES string of the molecule is CCOc1cc(C(Nc2ccc(C(=N)N)cc2)C(=O)NNC(=O)c2ccncc2F)ccc1OC(C)CN(C)C. The number of benzene rings is 2. The topological polar surface area (TPSA) is 155 Å². The van der Waals surface area contributed by atoms with Crippen molar-refractivity contribution in [3.8, 4) is 11.5 Å². The molecule has 0 saturated heterocycles. The number of likely N-dealkylation sites (N-methyl/N-ethyl adjacent to an activating group) is 1. The molecule has 212 valence electrons. The van der Waals surface area contributed by atoms with Crippen molar-refractivity contribution in [2.45, 2.75) is 26.0 Å². The summed E-state index contributed by atoms with van der Waals surface area (Å²) in [5, 5.41) is 10.7. The van der Waals surface area contributed by atoms with E-state index in [2.05, 4.69) is 21.2 Å². The van der Waals surface area contributed by atoms with E-state index in [9.17, 15) is 14.0 Å². The van der Waals surface area contributed by atoms with E-state index in [1.807, 2.05) is 32.8 Å². The van der Waals surface area contributed by atoms with Crippen LogP contribution in [0.15, 0.2) is 60.9 Å². The van der Waals surface area contributed by atoms with Crippen LogP contribution in [0.3, 0.4) is 0 Å². The number of carbonyl (C=O) groups excluding carboxylic acids is 2. The average molecular weight is 552 g/mol. The van der Waals surface area contributed by atoms with Crippen LogP contribution >= 0.6 is 0 Å². The summed E-state index contributed by atoms with van der Waals surface area (Å²) in [6, 6.07) is 11.9. The Morgan fingerprint density at radius 2 is 1.82 bits per heavy atom. The molecule has 0 aliphatic carbocycles. The number of rotatable bonds is 12. The molecule has 40 heavy (non-hydrogen) atoms. The van der Waals surface area contributed by atoms with Crippen molar-refractivity contribution in [3.05, 3.63) is 83.4 Å². The van der Waals surface area contributed by atoms with E-state index < -0.39 is 23.7 Å². The van der Waals surface area contributed by atoms with Crippen molar-refractivity contribution >= 4 is 23.3 Å². The molecule has 0 fully saturated rings. The predicted molar refractivity (Wildman–Crippen MR) is 150 cm³/mol. The zero-order valence-electron chi connectivity index (χ0n) is 22.8. The van der Waals surface area contributed by atoms with Gasteiger partial charge in [0, 0.05) is 24.0 Å². The molecule has 2 atom stereocenters. The lowest BCUT2D eigenvalue weighted by Gasteiger charge is -2.23. The minimum atomic E-state index is -1.02. The van der Waals surface area contributed by atoms with Crippen LogP contribution in [0.2, 0.25) is 0 Å². The van der Waals surface area contributed by atoms with E-state index in [-0.39, 0.29) is 17.5 Å². The number of pyridine rings is 1. The van der Waals surface area contributed by atoms with Gasteiger partial charge in [-0.2, -0.15) is 0 Å². The fraction of sp³-hybridized carbons (Fsp3) is 0.286. The Labute approximate surface area is 232 Å². The Bertz CT molecular complexity index is 1330. The van der Waals surface area contributed by atoms with Gasteiger partial charge in [-0.15, -0.1) is 0 Å². The molecule has 1 heterocycles. The molecule has 11 nitrogen and oxygen atoms in total. The van der Waals surface area contributed by atoms with Crippen LogP contribution in [0.5, 0.6) is 11.5 Å². The third-order valence-electron chi connectivity index (χ3n) is 5.64. The van der Waals surface area contributed by atoms with Crippen molar-refractivity contribution < 1.29 is 23.5 Å². The Kier molecular flexibility index (Phi) is 10.4. The highest BCUT2D eigenvalue weighted by Crippen LogP contribution is 2.33. The molecule has 6 N–H and O–H groups in total. The molecule has 0 bridgehead atoms. The van der Waals surface area contributed by atoms with Gasteiger partial charge in [-0.25, -0.2) is 4.39 Å². The van der Waals surface area contributed by atoms with E-state index in [0.717, 1.165) is 6.20 Å². The number of ether oxygens (including phenoxy) is 2. The molecule has 2 aromatic carbocycles. The Hall–Kier alpha value is -4.71. The number of aromatic nitrogens is 1. The first kappa shape index (κ1) is 29.8. The summed E-state index contributed by atoms with van der Waals surface area (Å²) in [7, 11) is 3.90. The number of nitrogens with zero attached hydrogens (tertiary/aromatic N) is 2. The number of nitrogens with one attached hydrogen (secondary N) is 4. The van der Waals surface area contributed by atoms with Crippen molar-refractivity contribution in [2.75, 3.05) is 32.6 Å². The highest BCUT2D eigenvalue weighted by atomic mass is 19.1. The minimum absolute atomic E-state index is 0.0904. The van der Waals surface area contributed by atoms with E-state index in [1.165, 1.54) is 12.3 Å². The second-order valence-electron chi connectivity index (χ2n) is 9.20. The highest BCUT2D eigenvalue weighted by Gasteiger charge is 2.24. The van der Waals surface area contributed by atoms with E-state index >= 15 is 0 Å². The molecule has 0 spiro atoms. The lowest BCUT2D eigenvalue weighted by molar-refractivity contribution is -0.122. The number of anilines is 1. The summed E-state index contributed by atoms with van der Waals surface area (Å²) in [4.78, 5) is 31.5. The van der Waals surface area contributed by atoms with Crippen LogP contribution in [-0.4, -0.2) is 60.9 Å². The van der Waals surface area contributed by atoms with Gasteiger partial charge in [0.15, 0.2) is 17.3 Å². The lowest BCUT2D eigenvalue weighted by atomic mass is 10.0. The van der Waals surface area contributed by atoms with Gasteiger partial charge in [0.2, 0.25) is 0 Å². The first-order chi connectivity index (χ1) is 19.1. The highest BCUT2D eigenvalue weighted by molar-refractivity contribution is 5.97. The molecule has 3 aromatic rings. The number of carbonyl (C=O) groups is 2. The van der Waals surface area contributed by atoms with Crippen LogP contribution in [0.1, 0.15) is 41.4 Å². The zero-order chi connectivity index (χ0) is 29.2. The monoisotopic (exact) mass is 551 g/mol. The van der Waals surface area contributed by atoms with Gasteiger partial charge >= 0.3 is 0 Å². The molecular formula is C28H34FN7O4. The standard InChI is InChI=1S/C28H34FN7O4/c1-5-39-24-14-19(8-11-23(24)40-17(2)16-36(3)4)25(33-20-9-6-18(7-10-20)26(30)31)28(38)35-34-27(37)21-12-13-32-15-22(21)29/h6-15,17,25,33H,5,16H2,1-4H3,(H3,30,31)(H,34,37)(H,35,38). The normalized spacial score (nSPS) is 12.2. The molecule has 12 heteroatoms. The number of nitrogens with two attached hydrogens (primary N) is 1. The maximum atomic E-state index is 14.0. The number of hydrogen-bond donors (Lipinski definition) is 5. The first-order valence-corrected chi connectivity index (χ1v) is 12.6. The largest absolute Gasteiger partial charge is 0.490 e. The summed E-state index contributed by atoms with van der Waals surface area (Å²) in [5.41, 5.74) is 11.5. The van der Waals surface area contributed by atoms with Crippen LogP contribution < -0.4 is 31.4 Å². The first-order valence-electron chi connectivity index (χ1n) is 12.6. The summed E-state index contributed by atoms with van der Waals surface area (Å²) < 4.78 is 25.9. The molecule has 0 saturated carbocycles. The van der Waals surface area contributed by atoms with Gasteiger partial charge < -0.3 is 25.4 Å². The van der Waals surface area contributed by atoms with Crippen molar-refractivity contribution in [3.63, 3.8) is 0 Å². The number of nitrogen functional groups attached to an aromatic ring is 1. The zero-order valence-corrected chi connectivity index (χ0v) is 22.8. The third kappa shape index (κ3) is 8.14. The Morgan fingerprint density at radius 1 is 1.10 bits per heavy atom. The molecule has 1 aromatic heterocycles. The van der Waals surface area contributed by atoms with Gasteiger partial charge in [-0.05, 0) is 76.0 Å². The molecule has 2 unspecified atom stereocenters. The molecule has 0 aliphatic heterocycles. The maximum absolute atomic E-state index is 14.0. The Morgan fingerprint density at radius 3 is 2.45 bits per heavy atom. The number of hydrazine groups is 1. The van der Waals surface area contributed by atoms with E-state index in [4.69, 9.17) is 20.6 Å². The lowest BCUT2D eigenvalue weighted by Crippen LogP contribution is -2.45. The number of amides is 2. The molecule has 3 rings (SSSR count). The number of amidine groups is 1. The second kappa shape index (κ2) is 13.9. The van der Waals surface area contributed by atoms with E-state index in [0.29, 0.717) is 41.5 Å². The molecule has 0 aliphatic rings. The molecular weight excluding hydrogens is 517 g/mol. The number of hydrogen-bond acceptors (Lipinski definition) is 8. The Balaban J connectivity index is 1.89. The second-order valence-corrected chi connectivity index (χ2v) is 9.20. The van der Waals surface area contributed by atoms with Crippen molar-refractivity contribution in [1.82, 2.24) is 20.7 Å². The minimum Gasteiger partial charge on any atom is -0.490 e. The smallest absolute Gasteiger partial charge is 0.272 e. The van der Waals surface area contributed by atoms with E-state index in [1.54, 1.807) is 42.5 Å². The molecule has 0 radical (unpaired) electrons. The van der Waals surface area contributed by atoms with Crippen LogP contribution in [0, 0.1) is 11.2 Å². The van der Waals surface area contributed by atoms with Gasteiger partial charge in [-0.1, -0.05) is 6.07 Å². The van der Waals surface area contributed by atoms with Gasteiger partial charge in [0.25, 0.3) is 11.8 Å². The van der Waals surface area contributed by atoms with Crippen LogP contribution in [0.4, 0.5) is 10.1 Å². The fourth-order valence-electron chi connectivity index (χ4n) is 3.87. The summed E-state index contributed by atoms with van der Waals surface area (Å²) in [5.74, 6) is -1.42. The summed E-state index contributed by atoms with van der Waals surface area (Å²) in [6.07, 6.45) is 2.05. The van der Waals surface area contributed by atoms with Gasteiger partial charge in [0.05, 0.1) is 18.4 Å².